The van der Waals surface area contributed by atoms with Gasteiger partial charge in [0.1, 0.15) is 0 Å². The minimum absolute atomic E-state index is 0.0372. The maximum absolute atomic E-state index is 13.2. The summed E-state index contributed by atoms with van der Waals surface area (Å²) in [6.07, 6.45) is 0. The van der Waals surface area contributed by atoms with Crippen LogP contribution in [0.25, 0.3) is 0 Å². The van der Waals surface area contributed by atoms with Crippen molar-refractivity contribution in [3.8, 4) is 0 Å². The summed E-state index contributed by atoms with van der Waals surface area (Å²) in [5.74, 6) is -0.0767. The van der Waals surface area contributed by atoms with E-state index in [0.717, 1.165) is 21.7 Å². The molecule has 2 N–H and O–H groups in total. The van der Waals surface area contributed by atoms with Gasteiger partial charge in [0, 0.05) is 24.3 Å². The minimum Gasteiger partial charge on any atom is -0.378 e. The number of carbonyl (C=O) groups is 2. The van der Waals surface area contributed by atoms with E-state index in [0.29, 0.717) is 26.3 Å². The van der Waals surface area contributed by atoms with Gasteiger partial charge in [-0.3, -0.25) is 9.59 Å². The zero-order valence-electron chi connectivity index (χ0n) is 16.5. The van der Waals surface area contributed by atoms with Gasteiger partial charge in [-0.1, -0.05) is 48.0 Å². The van der Waals surface area contributed by atoms with Crippen molar-refractivity contribution >= 4 is 17.5 Å². The van der Waals surface area contributed by atoms with E-state index in [9.17, 15) is 9.59 Å². The molecule has 0 saturated carbocycles. The van der Waals surface area contributed by atoms with E-state index in [1.165, 1.54) is 0 Å². The lowest BCUT2D eigenvalue weighted by Crippen LogP contribution is -3.11. The number of rotatable bonds is 6. The molecular formula is C22H28N3O3+. The van der Waals surface area contributed by atoms with Gasteiger partial charge in [-0.05, 0) is 19.1 Å². The molecule has 1 heterocycles. The molecule has 0 spiro atoms. The zero-order chi connectivity index (χ0) is 19.9. The molecule has 148 valence electrons. The Bertz CT molecular complexity index is 786. The van der Waals surface area contributed by atoms with Crippen LogP contribution in [0.3, 0.4) is 0 Å². The van der Waals surface area contributed by atoms with Crippen LogP contribution in [0.2, 0.25) is 0 Å². The number of nitrogens with one attached hydrogen (secondary N) is 2. The number of nitrogens with zero attached hydrogens (tertiary/aromatic N) is 1. The lowest BCUT2D eigenvalue weighted by molar-refractivity contribution is -0.894. The van der Waals surface area contributed by atoms with Crippen LogP contribution in [-0.4, -0.2) is 56.6 Å². The Morgan fingerprint density at radius 3 is 2.36 bits per heavy atom. The van der Waals surface area contributed by atoms with Gasteiger partial charge in [0.15, 0.2) is 12.6 Å². The molecule has 1 fully saturated rings. The van der Waals surface area contributed by atoms with Gasteiger partial charge in [-0.2, -0.15) is 0 Å². The van der Waals surface area contributed by atoms with E-state index in [1.807, 2.05) is 73.5 Å². The largest absolute Gasteiger partial charge is 0.378 e. The topological polar surface area (TPSA) is 63.1 Å². The monoisotopic (exact) mass is 382 g/mol. The number of carbonyl (C=O) groups excluding carboxylic acids is 2. The first-order valence-electron chi connectivity index (χ1n) is 9.65. The normalized spacial score (nSPS) is 16.3. The SMILES string of the molecule is Cc1ccc(NC(=O)C[NH+](C)[C@H](C(=O)N2CCOCC2)c2ccccc2)cc1. The fourth-order valence-corrected chi connectivity index (χ4v) is 3.45. The van der Waals surface area contributed by atoms with Crippen molar-refractivity contribution in [2.75, 3.05) is 45.2 Å². The van der Waals surface area contributed by atoms with Crippen LogP contribution in [0, 0.1) is 6.92 Å². The summed E-state index contributed by atoms with van der Waals surface area (Å²) in [6.45, 7) is 4.49. The Labute approximate surface area is 166 Å². The van der Waals surface area contributed by atoms with E-state index < -0.39 is 6.04 Å². The minimum atomic E-state index is -0.428. The summed E-state index contributed by atoms with van der Waals surface area (Å²) in [4.78, 5) is 28.5. The Morgan fingerprint density at radius 2 is 1.71 bits per heavy atom. The molecule has 1 saturated heterocycles. The number of aryl methyl sites for hydroxylation is 1. The van der Waals surface area contributed by atoms with Gasteiger partial charge in [-0.25, -0.2) is 0 Å². The number of anilines is 1. The molecule has 0 bridgehead atoms. The van der Waals surface area contributed by atoms with Gasteiger partial charge in [0.25, 0.3) is 11.8 Å². The molecule has 28 heavy (non-hydrogen) atoms. The van der Waals surface area contributed by atoms with E-state index in [2.05, 4.69) is 5.32 Å². The lowest BCUT2D eigenvalue weighted by atomic mass is 10.0. The Kier molecular flexibility index (Phi) is 6.79. The van der Waals surface area contributed by atoms with Crippen LogP contribution in [-0.2, 0) is 14.3 Å². The van der Waals surface area contributed by atoms with Crippen molar-refractivity contribution in [1.82, 2.24) is 4.90 Å². The smallest absolute Gasteiger partial charge is 0.285 e. The molecule has 0 radical (unpaired) electrons. The quantitative estimate of drug-likeness (QED) is 0.785. The average molecular weight is 382 g/mol. The van der Waals surface area contributed by atoms with Gasteiger partial charge in [0.2, 0.25) is 0 Å². The molecule has 0 aromatic heterocycles. The third kappa shape index (κ3) is 5.18. The first kappa shape index (κ1) is 20.0. The number of hydrogen-bond donors (Lipinski definition) is 2. The zero-order valence-corrected chi connectivity index (χ0v) is 16.5. The van der Waals surface area contributed by atoms with Crippen molar-refractivity contribution in [3.63, 3.8) is 0 Å². The number of hydrogen-bond acceptors (Lipinski definition) is 3. The average Bonchev–Trinajstić information content (AvgIpc) is 2.71. The summed E-state index contributed by atoms with van der Waals surface area (Å²) in [5, 5.41) is 2.92. The van der Waals surface area contributed by atoms with E-state index in [-0.39, 0.29) is 18.4 Å². The van der Waals surface area contributed by atoms with Crippen molar-refractivity contribution in [2.45, 2.75) is 13.0 Å². The number of benzene rings is 2. The molecule has 1 aliphatic rings. The maximum Gasteiger partial charge on any atom is 0.285 e. The first-order chi connectivity index (χ1) is 13.5. The Balaban J connectivity index is 1.72. The number of quaternary nitrogens is 1. The summed E-state index contributed by atoms with van der Waals surface area (Å²) < 4.78 is 5.37. The molecule has 2 aromatic rings. The second kappa shape index (κ2) is 9.48. The van der Waals surface area contributed by atoms with Crippen molar-refractivity contribution in [2.24, 2.45) is 0 Å². The molecule has 6 nitrogen and oxygen atoms in total. The highest BCUT2D eigenvalue weighted by molar-refractivity contribution is 5.91. The van der Waals surface area contributed by atoms with E-state index >= 15 is 0 Å². The summed E-state index contributed by atoms with van der Waals surface area (Å²) >= 11 is 0. The predicted molar refractivity (Wildman–Crippen MR) is 108 cm³/mol. The Morgan fingerprint density at radius 1 is 1.07 bits per heavy atom. The molecule has 3 rings (SSSR count). The highest BCUT2D eigenvalue weighted by atomic mass is 16.5. The van der Waals surface area contributed by atoms with Gasteiger partial charge >= 0.3 is 0 Å². The first-order valence-corrected chi connectivity index (χ1v) is 9.65. The van der Waals surface area contributed by atoms with Gasteiger partial charge in [-0.15, -0.1) is 0 Å². The number of ether oxygens (including phenoxy) is 1. The van der Waals surface area contributed by atoms with Gasteiger partial charge in [0.05, 0.1) is 20.3 Å². The van der Waals surface area contributed by atoms with Crippen molar-refractivity contribution < 1.29 is 19.2 Å². The van der Waals surface area contributed by atoms with Crippen LogP contribution in [0.15, 0.2) is 54.6 Å². The van der Waals surface area contributed by atoms with Crippen molar-refractivity contribution in [3.05, 3.63) is 65.7 Å². The standard InChI is InChI=1S/C22H27N3O3/c1-17-8-10-19(11-9-17)23-20(26)16-24(2)21(18-6-4-3-5-7-18)22(27)25-12-14-28-15-13-25/h3-11,21H,12-16H2,1-2H3,(H,23,26)/p+1/t21-/m0/s1. The molecule has 2 atom stereocenters. The fourth-order valence-electron chi connectivity index (χ4n) is 3.45. The highest BCUT2D eigenvalue weighted by Crippen LogP contribution is 2.14. The fraction of sp³-hybridized carbons (Fsp3) is 0.364. The van der Waals surface area contributed by atoms with Crippen LogP contribution < -0.4 is 10.2 Å². The maximum atomic E-state index is 13.2. The molecule has 0 aliphatic carbocycles. The van der Waals surface area contributed by atoms with Crippen LogP contribution in [0.4, 0.5) is 5.69 Å². The molecule has 6 heteroatoms. The predicted octanol–water partition coefficient (Wildman–Crippen LogP) is 1.05. The molecule has 2 amide bonds. The number of morpholine rings is 1. The number of likely N-dealkylation sites (N-methyl/N-ethyl adjacent to an activating group) is 1. The van der Waals surface area contributed by atoms with E-state index in [1.54, 1.807) is 0 Å². The third-order valence-electron chi connectivity index (χ3n) is 4.97. The molecule has 2 aromatic carbocycles. The van der Waals surface area contributed by atoms with Crippen LogP contribution >= 0.6 is 0 Å². The summed E-state index contributed by atoms with van der Waals surface area (Å²) in [6, 6.07) is 16.9. The second-order valence-corrected chi connectivity index (χ2v) is 7.22. The van der Waals surface area contributed by atoms with Crippen LogP contribution in [0.1, 0.15) is 17.2 Å². The Hall–Kier alpha value is -2.70. The summed E-state index contributed by atoms with van der Waals surface area (Å²) in [7, 11) is 1.89. The van der Waals surface area contributed by atoms with Crippen molar-refractivity contribution in [1.29, 1.82) is 0 Å². The number of amides is 2. The van der Waals surface area contributed by atoms with Gasteiger partial charge < -0.3 is 19.9 Å². The third-order valence-corrected chi connectivity index (χ3v) is 4.97. The highest BCUT2D eigenvalue weighted by Gasteiger charge is 2.34. The molecule has 1 aliphatic heterocycles. The van der Waals surface area contributed by atoms with E-state index in [4.69, 9.17) is 4.74 Å². The second-order valence-electron chi connectivity index (χ2n) is 7.22. The molecular weight excluding hydrogens is 354 g/mol. The summed E-state index contributed by atoms with van der Waals surface area (Å²) in [5.41, 5.74) is 2.82. The molecule has 1 unspecified atom stereocenters. The van der Waals surface area contributed by atoms with Crippen LogP contribution in [0.5, 0.6) is 0 Å². The lowest BCUT2D eigenvalue weighted by Gasteiger charge is -2.32.